The minimum Gasteiger partial charge on any atom is -0.492 e. The lowest BCUT2D eigenvalue weighted by molar-refractivity contribution is 0.0921. The van der Waals surface area contributed by atoms with Crippen LogP contribution in [-0.4, -0.2) is 68.3 Å². The molecule has 22 heavy (non-hydrogen) atoms. The van der Waals surface area contributed by atoms with Gasteiger partial charge in [0.15, 0.2) is 0 Å². The predicted octanol–water partition coefficient (Wildman–Crippen LogP) is 1.61. The van der Waals surface area contributed by atoms with E-state index in [-0.39, 0.29) is 18.2 Å². The van der Waals surface area contributed by atoms with Crippen molar-refractivity contribution in [3.63, 3.8) is 0 Å². The summed E-state index contributed by atoms with van der Waals surface area (Å²) in [5.74, 6) is 0.520. The Bertz CT molecular complexity index is 432. The molecule has 4 nitrogen and oxygen atoms in total. The number of nitrogens with zero attached hydrogens (tertiary/aromatic N) is 2. The molecule has 1 atom stereocenters. The molecule has 2 heterocycles. The van der Waals surface area contributed by atoms with Gasteiger partial charge in [-0.05, 0) is 37.2 Å². The van der Waals surface area contributed by atoms with Gasteiger partial charge in [0, 0.05) is 45.3 Å². The second-order valence-electron chi connectivity index (χ2n) is 5.83. The molecule has 0 bridgehead atoms. The minimum absolute atomic E-state index is 0. The Morgan fingerprint density at radius 3 is 2.50 bits per heavy atom. The zero-order valence-corrected chi connectivity index (χ0v) is 13.7. The molecule has 0 aliphatic carbocycles. The topological polar surface area (TPSA) is 27.7 Å². The number of halogens is 2. The van der Waals surface area contributed by atoms with Crippen LogP contribution >= 0.6 is 12.4 Å². The van der Waals surface area contributed by atoms with Crippen LogP contribution in [-0.2, 0) is 0 Å². The number of nitrogens with one attached hydrogen (secondary N) is 1. The van der Waals surface area contributed by atoms with Gasteiger partial charge < -0.3 is 10.1 Å². The fraction of sp³-hybridized carbons (Fsp3) is 0.625. The van der Waals surface area contributed by atoms with Crippen LogP contribution in [0.3, 0.4) is 0 Å². The number of piperazine rings is 1. The number of hydrogen-bond donors (Lipinski definition) is 1. The summed E-state index contributed by atoms with van der Waals surface area (Å²) in [4.78, 5) is 5.06. The maximum absolute atomic E-state index is 12.8. The van der Waals surface area contributed by atoms with Gasteiger partial charge in [-0.25, -0.2) is 4.39 Å². The molecule has 1 N–H and O–H groups in total. The first kappa shape index (κ1) is 17.5. The molecule has 3 rings (SSSR count). The fourth-order valence-corrected chi connectivity index (χ4v) is 3.13. The van der Waals surface area contributed by atoms with Crippen molar-refractivity contribution in [2.24, 2.45) is 0 Å². The van der Waals surface area contributed by atoms with Crippen LogP contribution < -0.4 is 10.1 Å². The SMILES string of the molecule is Cl.Fc1ccc(OCCN2CCN(C3CCNC3)CC2)cc1. The van der Waals surface area contributed by atoms with Crippen molar-refractivity contribution in [2.45, 2.75) is 12.5 Å². The molecule has 1 unspecified atom stereocenters. The third-order valence-electron chi connectivity index (χ3n) is 4.45. The quantitative estimate of drug-likeness (QED) is 0.888. The molecule has 0 spiro atoms. The molecule has 6 heteroatoms. The van der Waals surface area contributed by atoms with Crippen LogP contribution in [0.1, 0.15) is 6.42 Å². The van der Waals surface area contributed by atoms with Gasteiger partial charge in [-0.2, -0.15) is 0 Å². The molecule has 0 saturated carbocycles. The summed E-state index contributed by atoms with van der Waals surface area (Å²) in [6.45, 7) is 8.45. The molecule has 2 saturated heterocycles. The Balaban J connectivity index is 0.00000176. The van der Waals surface area contributed by atoms with E-state index in [4.69, 9.17) is 4.74 Å². The van der Waals surface area contributed by atoms with Crippen LogP contribution in [0.4, 0.5) is 4.39 Å². The molecule has 2 aliphatic heterocycles. The summed E-state index contributed by atoms with van der Waals surface area (Å²) in [5, 5.41) is 3.44. The maximum atomic E-state index is 12.8. The molecular weight excluding hydrogens is 305 g/mol. The number of ether oxygens (including phenoxy) is 1. The first-order chi connectivity index (χ1) is 10.3. The maximum Gasteiger partial charge on any atom is 0.123 e. The molecule has 0 aromatic heterocycles. The highest BCUT2D eigenvalue weighted by Crippen LogP contribution is 2.13. The first-order valence-electron chi connectivity index (χ1n) is 7.87. The largest absolute Gasteiger partial charge is 0.492 e. The number of benzene rings is 1. The van der Waals surface area contributed by atoms with Gasteiger partial charge in [0.1, 0.15) is 18.2 Å². The standard InChI is InChI=1S/C16H24FN3O.ClH/c17-14-1-3-16(4-2-14)21-12-11-19-7-9-20(10-8-19)15-5-6-18-13-15;/h1-4,15,18H,5-13H2;1H. The fourth-order valence-electron chi connectivity index (χ4n) is 3.13. The molecule has 0 amide bonds. The van der Waals surface area contributed by atoms with E-state index in [9.17, 15) is 4.39 Å². The van der Waals surface area contributed by atoms with Crippen LogP contribution in [0.2, 0.25) is 0 Å². The Kier molecular flexibility index (Phi) is 6.89. The summed E-state index contributed by atoms with van der Waals surface area (Å²) < 4.78 is 18.4. The molecule has 124 valence electrons. The third-order valence-corrected chi connectivity index (χ3v) is 4.45. The zero-order valence-electron chi connectivity index (χ0n) is 12.8. The normalized spacial score (nSPS) is 23.2. The van der Waals surface area contributed by atoms with Gasteiger partial charge in [0.25, 0.3) is 0 Å². The van der Waals surface area contributed by atoms with Crippen molar-refractivity contribution < 1.29 is 9.13 Å². The second-order valence-corrected chi connectivity index (χ2v) is 5.83. The van der Waals surface area contributed by atoms with Gasteiger partial charge in [-0.3, -0.25) is 9.80 Å². The van der Waals surface area contributed by atoms with Crippen LogP contribution in [0.5, 0.6) is 5.75 Å². The summed E-state index contributed by atoms with van der Waals surface area (Å²) in [5.41, 5.74) is 0. The predicted molar refractivity (Wildman–Crippen MR) is 88.4 cm³/mol. The van der Waals surface area contributed by atoms with E-state index in [0.29, 0.717) is 6.61 Å². The van der Waals surface area contributed by atoms with Gasteiger partial charge in [0.2, 0.25) is 0 Å². The zero-order chi connectivity index (χ0) is 14.5. The average Bonchev–Trinajstić information content (AvgIpc) is 3.04. The highest BCUT2D eigenvalue weighted by atomic mass is 35.5. The van der Waals surface area contributed by atoms with E-state index in [1.807, 2.05) is 0 Å². The Labute approximate surface area is 138 Å². The minimum atomic E-state index is -0.222. The molecule has 1 aromatic carbocycles. The van der Waals surface area contributed by atoms with E-state index < -0.39 is 0 Å². The van der Waals surface area contributed by atoms with Crippen molar-refractivity contribution in [3.8, 4) is 5.75 Å². The second kappa shape index (κ2) is 8.67. The van der Waals surface area contributed by atoms with Gasteiger partial charge in [-0.1, -0.05) is 0 Å². The molecule has 2 fully saturated rings. The summed E-state index contributed by atoms with van der Waals surface area (Å²) in [6.07, 6.45) is 1.29. The van der Waals surface area contributed by atoms with E-state index in [0.717, 1.165) is 57.6 Å². The Morgan fingerprint density at radius 1 is 1.14 bits per heavy atom. The lowest BCUT2D eigenvalue weighted by Gasteiger charge is -2.37. The lowest BCUT2D eigenvalue weighted by Crippen LogP contribution is -2.51. The van der Waals surface area contributed by atoms with Gasteiger partial charge in [0.05, 0.1) is 0 Å². The first-order valence-corrected chi connectivity index (χ1v) is 7.87. The highest BCUT2D eigenvalue weighted by Gasteiger charge is 2.25. The van der Waals surface area contributed by atoms with Crippen LogP contribution in [0.15, 0.2) is 24.3 Å². The summed E-state index contributed by atoms with van der Waals surface area (Å²) >= 11 is 0. The van der Waals surface area contributed by atoms with Gasteiger partial charge >= 0.3 is 0 Å². The van der Waals surface area contributed by atoms with Crippen molar-refractivity contribution in [2.75, 3.05) is 52.4 Å². The van der Waals surface area contributed by atoms with E-state index in [1.165, 1.54) is 18.6 Å². The van der Waals surface area contributed by atoms with Crippen molar-refractivity contribution in [1.29, 1.82) is 0 Å². The van der Waals surface area contributed by atoms with E-state index in [1.54, 1.807) is 12.1 Å². The number of rotatable bonds is 5. The van der Waals surface area contributed by atoms with Crippen LogP contribution in [0, 0.1) is 5.82 Å². The van der Waals surface area contributed by atoms with Crippen molar-refractivity contribution in [1.82, 2.24) is 15.1 Å². The van der Waals surface area contributed by atoms with Crippen molar-refractivity contribution in [3.05, 3.63) is 30.1 Å². The monoisotopic (exact) mass is 329 g/mol. The molecule has 0 radical (unpaired) electrons. The molecule has 2 aliphatic rings. The smallest absolute Gasteiger partial charge is 0.123 e. The summed E-state index contributed by atoms with van der Waals surface area (Å²) in [7, 11) is 0. The molecular formula is C16H25ClFN3O. The summed E-state index contributed by atoms with van der Waals surface area (Å²) in [6, 6.07) is 6.97. The Morgan fingerprint density at radius 2 is 1.86 bits per heavy atom. The van der Waals surface area contributed by atoms with Crippen molar-refractivity contribution >= 4 is 12.4 Å². The van der Waals surface area contributed by atoms with Crippen LogP contribution in [0.25, 0.3) is 0 Å². The average molecular weight is 330 g/mol. The highest BCUT2D eigenvalue weighted by molar-refractivity contribution is 5.85. The third kappa shape index (κ3) is 4.81. The molecule has 1 aromatic rings. The lowest BCUT2D eigenvalue weighted by atomic mass is 10.2. The van der Waals surface area contributed by atoms with E-state index >= 15 is 0 Å². The number of hydrogen-bond acceptors (Lipinski definition) is 4. The Hall–Kier alpha value is -0.880. The van der Waals surface area contributed by atoms with Gasteiger partial charge in [-0.15, -0.1) is 12.4 Å². The van der Waals surface area contributed by atoms with E-state index in [2.05, 4.69) is 15.1 Å².